The van der Waals surface area contributed by atoms with Gasteiger partial charge < -0.3 is 20.6 Å². The van der Waals surface area contributed by atoms with E-state index in [0.717, 1.165) is 6.42 Å². The second-order valence-corrected chi connectivity index (χ2v) is 3.69. The van der Waals surface area contributed by atoms with Gasteiger partial charge in [0, 0.05) is 6.54 Å². The number of benzene rings is 1. The molecule has 0 bridgehead atoms. The largest absolute Gasteiger partial charge is 0.415 e. The Bertz CT molecular complexity index is 406. The molecule has 3 N–H and O–H groups in total. The molecule has 0 aliphatic heterocycles. The Morgan fingerprint density at radius 1 is 1.44 bits per heavy atom. The molecule has 1 rings (SSSR count). The predicted molar refractivity (Wildman–Crippen MR) is 67.7 cm³/mol. The summed E-state index contributed by atoms with van der Waals surface area (Å²) in [6, 6.07) is 8.75. The van der Waals surface area contributed by atoms with E-state index >= 15 is 0 Å². The summed E-state index contributed by atoms with van der Waals surface area (Å²) in [6.45, 7) is 2.44. The van der Waals surface area contributed by atoms with Crippen LogP contribution in [0.4, 0.5) is 4.79 Å². The van der Waals surface area contributed by atoms with Gasteiger partial charge in [-0.2, -0.15) is 0 Å². The summed E-state index contributed by atoms with van der Waals surface area (Å²) in [6.07, 6.45) is 0.234. The molecule has 6 heteroatoms. The first-order valence-electron chi connectivity index (χ1n) is 5.65. The van der Waals surface area contributed by atoms with Crippen LogP contribution in [0.2, 0.25) is 0 Å². The molecule has 0 aliphatic carbocycles. The number of nitrogens with zero attached hydrogens (tertiary/aromatic N) is 2. The number of carbonyl (C=O) groups is 1. The van der Waals surface area contributed by atoms with E-state index < -0.39 is 6.09 Å². The monoisotopic (exact) mass is 251 g/mol. The predicted octanol–water partition coefficient (Wildman–Crippen LogP) is 1.64. The second-order valence-electron chi connectivity index (χ2n) is 3.69. The molecular formula is C12H17N3O3. The topological polar surface area (TPSA) is 88.1 Å². The molecule has 0 heterocycles. The lowest BCUT2D eigenvalue weighted by molar-refractivity contribution is 0.158. The van der Waals surface area contributed by atoms with E-state index in [4.69, 9.17) is 15.7 Å². The quantitative estimate of drug-likeness (QED) is 0.360. The molecule has 1 aromatic carbocycles. The van der Waals surface area contributed by atoms with Gasteiger partial charge in [0.05, 0.1) is 6.54 Å². The zero-order valence-corrected chi connectivity index (χ0v) is 10.2. The Hall–Kier alpha value is -2.24. The van der Waals surface area contributed by atoms with Crippen LogP contribution in [-0.4, -0.2) is 35.1 Å². The number of para-hydroxylation sites is 1. The van der Waals surface area contributed by atoms with E-state index in [1.807, 2.05) is 13.0 Å². The van der Waals surface area contributed by atoms with Gasteiger partial charge in [-0.15, -0.1) is 0 Å². The number of carbonyl (C=O) groups excluding carboxylic acids is 1. The molecule has 0 fully saturated rings. The molecule has 18 heavy (non-hydrogen) atoms. The van der Waals surface area contributed by atoms with Gasteiger partial charge in [-0.3, -0.25) is 0 Å². The van der Waals surface area contributed by atoms with Gasteiger partial charge >= 0.3 is 6.09 Å². The number of ether oxygens (including phenoxy) is 1. The molecule has 1 aromatic rings. The lowest BCUT2D eigenvalue weighted by Crippen LogP contribution is -2.40. The van der Waals surface area contributed by atoms with Gasteiger partial charge in [0.2, 0.25) is 0 Å². The summed E-state index contributed by atoms with van der Waals surface area (Å²) in [5.41, 5.74) is 5.39. The molecule has 0 spiro atoms. The molecule has 0 saturated carbocycles. The number of rotatable bonds is 5. The van der Waals surface area contributed by atoms with Crippen molar-refractivity contribution in [1.82, 2.24) is 4.90 Å². The van der Waals surface area contributed by atoms with Crippen molar-refractivity contribution >= 4 is 11.9 Å². The average Bonchev–Trinajstić information content (AvgIpc) is 2.39. The first kappa shape index (κ1) is 13.8. The minimum Gasteiger partial charge on any atom is -0.410 e. The summed E-state index contributed by atoms with van der Waals surface area (Å²) < 4.78 is 5.17. The minimum atomic E-state index is -0.519. The fourth-order valence-electron chi connectivity index (χ4n) is 1.39. The number of oxime groups is 1. The molecular weight excluding hydrogens is 234 g/mol. The number of amides is 1. The van der Waals surface area contributed by atoms with E-state index in [2.05, 4.69) is 5.16 Å². The molecule has 0 atom stereocenters. The van der Waals surface area contributed by atoms with Crippen LogP contribution in [0.15, 0.2) is 35.5 Å². The summed E-state index contributed by atoms with van der Waals surface area (Å²) >= 11 is 0. The number of amidine groups is 1. The minimum absolute atomic E-state index is 0.0338. The van der Waals surface area contributed by atoms with Crippen LogP contribution >= 0.6 is 0 Å². The van der Waals surface area contributed by atoms with Crippen LogP contribution in [0, 0.1) is 0 Å². The lowest BCUT2D eigenvalue weighted by atomic mass is 10.3. The molecule has 98 valence electrons. The zero-order chi connectivity index (χ0) is 13.4. The standard InChI is InChI=1S/C12H17N3O3/c1-2-8-15(9-11(13)14-17)12(16)18-10-6-4-3-5-7-10/h3-7,17H,2,8-9H2,1H3,(H2,13,14). The highest BCUT2D eigenvalue weighted by molar-refractivity contribution is 5.85. The van der Waals surface area contributed by atoms with Crippen LogP contribution in [0.25, 0.3) is 0 Å². The summed E-state index contributed by atoms with van der Waals surface area (Å²) in [7, 11) is 0. The average molecular weight is 251 g/mol. The van der Waals surface area contributed by atoms with Crippen LogP contribution in [0.5, 0.6) is 5.75 Å². The first-order chi connectivity index (χ1) is 8.67. The van der Waals surface area contributed by atoms with Crippen molar-refractivity contribution in [2.24, 2.45) is 10.9 Å². The maximum Gasteiger partial charge on any atom is 0.415 e. The third kappa shape index (κ3) is 4.32. The molecule has 0 aromatic heterocycles. The Morgan fingerprint density at radius 2 is 2.11 bits per heavy atom. The van der Waals surface area contributed by atoms with Crippen molar-refractivity contribution in [3.8, 4) is 5.75 Å². The SMILES string of the molecule is CCCN(CC(N)=NO)C(=O)Oc1ccccc1. The van der Waals surface area contributed by atoms with Gasteiger partial charge in [-0.25, -0.2) is 4.79 Å². The zero-order valence-electron chi connectivity index (χ0n) is 10.2. The van der Waals surface area contributed by atoms with Crippen molar-refractivity contribution in [2.45, 2.75) is 13.3 Å². The van der Waals surface area contributed by atoms with Crippen molar-refractivity contribution in [3.05, 3.63) is 30.3 Å². The van der Waals surface area contributed by atoms with E-state index in [9.17, 15) is 4.79 Å². The molecule has 1 amide bonds. The Labute approximate surface area is 106 Å². The van der Waals surface area contributed by atoms with Crippen LogP contribution in [-0.2, 0) is 0 Å². The summed E-state index contributed by atoms with van der Waals surface area (Å²) in [5, 5.41) is 11.4. The summed E-state index contributed by atoms with van der Waals surface area (Å²) in [4.78, 5) is 13.2. The van der Waals surface area contributed by atoms with Crippen molar-refractivity contribution < 1.29 is 14.7 Å². The maximum absolute atomic E-state index is 11.9. The van der Waals surface area contributed by atoms with Gasteiger partial charge in [0.1, 0.15) is 5.75 Å². The third-order valence-corrected chi connectivity index (χ3v) is 2.18. The lowest BCUT2D eigenvalue weighted by Gasteiger charge is -2.20. The van der Waals surface area contributed by atoms with Gasteiger partial charge in [-0.05, 0) is 18.6 Å². The highest BCUT2D eigenvalue weighted by Gasteiger charge is 2.16. The fraction of sp³-hybridized carbons (Fsp3) is 0.333. The molecule has 0 saturated heterocycles. The number of hydrogen-bond acceptors (Lipinski definition) is 4. The van der Waals surface area contributed by atoms with Gasteiger partial charge in [0.25, 0.3) is 0 Å². The maximum atomic E-state index is 11.9. The van der Waals surface area contributed by atoms with Gasteiger partial charge in [0.15, 0.2) is 5.84 Å². The third-order valence-electron chi connectivity index (χ3n) is 2.18. The van der Waals surface area contributed by atoms with Crippen molar-refractivity contribution in [3.63, 3.8) is 0 Å². The van der Waals surface area contributed by atoms with E-state index in [-0.39, 0.29) is 12.4 Å². The Balaban J connectivity index is 2.65. The first-order valence-corrected chi connectivity index (χ1v) is 5.65. The number of hydrogen-bond donors (Lipinski definition) is 2. The van der Waals surface area contributed by atoms with E-state index in [1.54, 1.807) is 24.3 Å². The normalized spacial score (nSPS) is 11.1. The van der Waals surface area contributed by atoms with Crippen LogP contribution < -0.4 is 10.5 Å². The highest BCUT2D eigenvalue weighted by Crippen LogP contribution is 2.10. The molecule has 0 unspecified atom stereocenters. The number of nitrogens with two attached hydrogens (primary N) is 1. The van der Waals surface area contributed by atoms with Crippen molar-refractivity contribution in [2.75, 3.05) is 13.1 Å². The van der Waals surface area contributed by atoms with E-state index in [0.29, 0.717) is 12.3 Å². The Kier molecular flexibility index (Phi) is 5.50. The Morgan fingerprint density at radius 3 is 2.67 bits per heavy atom. The van der Waals surface area contributed by atoms with Crippen LogP contribution in [0.3, 0.4) is 0 Å². The molecule has 0 aliphatic rings. The fourth-order valence-corrected chi connectivity index (χ4v) is 1.39. The second kappa shape index (κ2) is 7.16. The van der Waals surface area contributed by atoms with Crippen molar-refractivity contribution in [1.29, 1.82) is 0 Å². The van der Waals surface area contributed by atoms with Crippen LogP contribution in [0.1, 0.15) is 13.3 Å². The summed E-state index contributed by atoms with van der Waals surface area (Å²) in [5.74, 6) is 0.427. The smallest absolute Gasteiger partial charge is 0.410 e. The van der Waals surface area contributed by atoms with E-state index in [1.165, 1.54) is 4.90 Å². The highest BCUT2D eigenvalue weighted by atomic mass is 16.6. The molecule has 6 nitrogen and oxygen atoms in total. The molecule has 0 radical (unpaired) electrons. The van der Waals surface area contributed by atoms with Gasteiger partial charge in [-0.1, -0.05) is 30.3 Å².